The minimum Gasteiger partial charge on any atom is -0.493 e. The van der Waals surface area contributed by atoms with Gasteiger partial charge in [-0.15, -0.1) is 0 Å². The van der Waals surface area contributed by atoms with Crippen LogP contribution in [0.15, 0.2) is 18.2 Å². The summed E-state index contributed by atoms with van der Waals surface area (Å²) in [5.41, 5.74) is 1.54. The first kappa shape index (κ1) is 15.2. The summed E-state index contributed by atoms with van der Waals surface area (Å²) in [5, 5.41) is 3.72. The lowest BCUT2D eigenvalue weighted by molar-refractivity contribution is 0.166. The van der Waals surface area contributed by atoms with Gasteiger partial charge in [0.25, 0.3) is 0 Å². The molecule has 0 aliphatic heterocycles. The maximum Gasteiger partial charge on any atom is 0.165 e. The summed E-state index contributed by atoms with van der Waals surface area (Å²) in [7, 11) is 3.38. The third-order valence-corrected chi connectivity index (χ3v) is 4.53. The third kappa shape index (κ3) is 3.26. The van der Waals surface area contributed by atoms with Crippen molar-refractivity contribution in [1.29, 1.82) is 0 Å². The molecule has 1 fully saturated rings. The Hall–Kier alpha value is -1.22. The van der Waals surface area contributed by atoms with Crippen LogP contribution in [0, 0.1) is 5.41 Å². The van der Waals surface area contributed by atoms with Gasteiger partial charge >= 0.3 is 0 Å². The quantitative estimate of drug-likeness (QED) is 0.889. The zero-order valence-electron chi connectivity index (χ0n) is 13.2. The van der Waals surface area contributed by atoms with Crippen LogP contribution in [0.4, 0.5) is 0 Å². The molecule has 20 heavy (non-hydrogen) atoms. The zero-order valence-corrected chi connectivity index (χ0v) is 13.2. The van der Waals surface area contributed by atoms with Crippen LogP contribution in [0.25, 0.3) is 0 Å². The van der Waals surface area contributed by atoms with Crippen molar-refractivity contribution >= 4 is 0 Å². The molecule has 1 aromatic carbocycles. The van der Waals surface area contributed by atoms with E-state index in [1.165, 1.54) is 25.7 Å². The SMILES string of the molecule is COc1cccc(CNC2CCCCC2(C)C)c1OC. The van der Waals surface area contributed by atoms with Crippen molar-refractivity contribution in [2.45, 2.75) is 52.1 Å². The molecule has 1 N–H and O–H groups in total. The number of ether oxygens (including phenoxy) is 2. The fourth-order valence-corrected chi connectivity index (χ4v) is 3.20. The van der Waals surface area contributed by atoms with E-state index in [0.717, 1.165) is 23.6 Å². The number of nitrogens with one attached hydrogen (secondary N) is 1. The van der Waals surface area contributed by atoms with Crippen LogP contribution in [0.5, 0.6) is 11.5 Å². The number of benzene rings is 1. The molecule has 3 heteroatoms. The molecular weight excluding hydrogens is 250 g/mol. The maximum atomic E-state index is 5.49. The van der Waals surface area contributed by atoms with Crippen molar-refractivity contribution in [3.8, 4) is 11.5 Å². The van der Waals surface area contributed by atoms with Gasteiger partial charge in [0.2, 0.25) is 0 Å². The lowest BCUT2D eigenvalue weighted by atomic mass is 9.73. The van der Waals surface area contributed by atoms with Crippen molar-refractivity contribution < 1.29 is 9.47 Å². The summed E-state index contributed by atoms with van der Waals surface area (Å²) < 4.78 is 10.9. The van der Waals surface area contributed by atoms with Gasteiger partial charge in [0.15, 0.2) is 11.5 Å². The first-order valence-corrected chi connectivity index (χ1v) is 7.52. The average molecular weight is 277 g/mol. The highest BCUT2D eigenvalue weighted by atomic mass is 16.5. The second kappa shape index (κ2) is 6.49. The Morgan fingerprint density at radius 2 is 2.00 bits per heavy atom. The van der Waals surface area contributed by atoms with Crippen LogP contribution in [0.1, 0.15) is 45.1 Å². The molecule has 3 nitrogen and oxygen atoms in total. The Balaban J connectivity index is 2.07. The Kier molecular flexibility index (Phi) is 4.92. The average Bonchev–Trinajstić information content (AvgIpc) is 2.45. The van der Waals surface area contributed by atoms with Gasteiger partial charge in [-0.1, -0.05) is 38.8 Å². The van der Waals surface area contributed by atoms with E-state index in [0.29, 0.717) is 11.5 Å². The van der Waals surface area contributed by atoms with Crippen LogP contribution >= 0.6 is 0 Å². The molecule has 0 saturated heterocycles. The molecule has 1 atom stereocenters. The number of rotatable bonds is 5. The number of hydrogen-bond acceptors (Lipinski definition) is 3. The first-order valence-electron chi connectivity index (χ1n) is 7.52. The van der Waals surface area contributed by atoms with Gasteiger partial charge in [0, 0.05) is 18.2 Å². The Bertz CT molecular complexity index is 443. The van der Waals surface area contributed by atoms with Crippen LogP contribution in [0.2, 0.25) is 0 Å². The van der Waals surface area contributed by atoms with Gasteiger partial charge in [-0.05, 0) is 24.3 Å². The molecule has 1 aromatic rings. The van der Waals surface area contributed by atoms with E-state index >= 15 is 0 Å². The van der Waals surface area contributed by atoms with E-state index in [-0.39, 0.29) is 0 Å². The molecule has 0 spiro atoms. The van der Waals surface area contributed by atoms with E-state index in [1.807, 2.05) is 12.1 Å². The fourth-order valence-electron chi connectivity index (χ4n) is 3.20. The van der Waals surface area contributed by atoms with Gasteiger partial charge < -0.3 is 14.8 Å². The summed E-state index contributed by atoms with van der Waals surface area (Å²) in [4.78, 5) is 0. The number of hydrogen-bond donors (Lipinski definition) is 1. The lowest BCUT2D eigenvalue weighted by Crippen LogP contribution is -2.43. The molecule has 112 valence electrons. The molecule has 0 aromatic heterocycles. The minimum absolute atomic E-state index is 0.379. The molecule has 1 unspecified atom stereocenters. The minimum atomic E-state index is 0.379. The monoisotopic (exact) mass is 277 g/mol. The predicted octanol–water partition coefficient (Wildman–Crippen LogP) is 3.76. The molecular formula is C17H27NO2. The highest BCUT2D eigenvalue weighted by molar-refractivity contribution is 5.46. The summed E-state index contributed by atoms with van der Waals surface area (Å²) in [6.45, 7) is 5.56. The van der Waals surface area contributed by atoms with Gasteiger partial charge in [-0.2, -0.15) is 0 Å². The summed E-state index contributed by atoms with van der Waals surface area (Å²) in [6.07, 6.45) is 5.25. The van der Waals surface area contributed by atoms with E-state index in [2.05, 4.69) is 25.2 Å². The highest BCUT2D eigenvalue weighted by Gasteiger charge is 2.31. The van der Waals surface area contributed by atoms with Gasteiger partial charge in [0.05, 0.1) is 14.2 Å². The molecule has 0 heterocycles. The molecule has 0 radical (unpaired) electrons. The van der Waals surface area contributed by atoms with Gasteiger partial charge in [-0.3, -0.25) is 0 Å². The van der Waals surface area contributed by atoms with Crippen molar-refractivity contribution in [3.05, 3.63) is 23.8 Å². The Labute approximate surface area is 122 Å². The Morgan fingerprint density at radius 3 is 2.65 bits per heavy atom. The summed E-state index contributed by atoms with van der Waals surface area (Å²) in [5.74, 6) is 1.64. The Morgan fingerprint density at radius 1 is 1.20 bits per heavy atom. The molecule has 1 saturated carbocycles. The van der Waals surface area contributed by atoms with E-state index in [9.17, 15) is 0 Å². The van der Waals surface area contributed by atoms with Crippen LogP contribution in [-0.2, 0) is 6.54 Å². The van der Waals surface area contributed by atoms with E-state index in [4.69, 9.17) is 9.47 Å². The van der Waals surface area contributed by atoms with Crippen molar-refractivity contribution in [1.82, 2.24) is 5.32 Å². The van der Waals surface area contributed by atoms with Crippen LogP contribution in [0.3, 0.4) is 0 Å². The zero-order chi connectivity index (χ0) is 14.6. The second-order valence-electron chi connectivity index (χ2n) is 6.32. The van der Waals surface area contributed by atoms with Crippen molar-refractivity contribution in [3.63, 3.8) is 0 Å². The molecule has 0 amide bonds. The smallest absolute Gasteiger partial charge is 0.165 e. The van der Waals surface area contributed by atoms with Crippen molar-refractivity contribution in [2.24, 2.45) is 5.41 Å². The summed E-state index contributed by atoms with van der Waals surface area (Å²) >= 11 is 0. The predicted molar refractivity (Wildman–Crippen MR) is 82.4 cm³/mol. The molecule has 0 bridgehead atoms. The third-order valence-electron chi connectivity index (χ3n) is 4.53. The topological polar surface area (TPSA) is 30.5 Å². The van der Waals surface area contributed by atoms with E-state index < -0.39 is 0 Å². The van der Waals surface area contributed by atoms with Crippen LogP contribution < -0.4 is 14.8 Å². The lowest BCUT2D eigenvalue weighted by Gasteiger charge is -2.39. The standard InChI is InChI=1S/C17H27NO2/c1-17(2)11-6-5-10-15(17)18-12-13-8-7-9-14(19-3)16(13)20-4/h7-9,15,18H,5-6,10-12H2,1-4H3. The van der Waals surface area contributed by atoms with Gasteiger partial charge in [0.1, 0.15) is 0 Å². The van der Waals surface area contributed by atoms with Crippen molar-refractivity contribution in [2.75, 3.05) is 14.2 Å². The second-order valence-corrected chi connectivity index (χ2v) is 6.32. The number of methoxy groups -OCH3 is 2. The first-order chi connectivity index (χ1) is 9.58. The molecule has 2 rings (SSSR count). The summed E-state index contributed by atoms with van der Waals surface area (Å²) in [6, 6.07) is 6.63. The van der Waals surface area contributed by atoms with E-state index in [1.54, 1.807) is 14.2 Å². The molecule has 1 aliphatic rings. The fraction of sp³-hybridized carbons (Fsp3) is 0.647. The highest BCUT2D eigenvalue weighted by Crippen LogP contribution is 2.36. The largest absolute Gasteiger partial charge is 0.493 e. The van der Waals surface area contributed by atoms with Crippen LogP contribution in [-0.4, -0.2) is 20.3 Å². The van der Waals surface area contributed by atoms with Gasteiger partial charge in [-0.25, -0.2) is 0 Å². The maximum absolute atomic E-state index is 5.49. The number of para-hydroxylation sites is 1. The normalized spacial score (nSPS) is 21.5. The molecule has 1 aliphatic carbocycles.